The summed E-state index contributed by atoms with van der Waals surface area (Å²) in [6.07, 6.45) is -0.729. The largest absolute Gasteiger partial charge is 0.489 e. The number of rotatable bonds is 7. The quantitative estimate of drug-likeness (QED) is 0.683. The van der Waals surface area contributed by atoms with E-state index in [0.717, 1.165) is 11.1 Å². The molecule has 0 fully saturated rings. The Morgan fingerprint density at radius 1 is 1.04 bits per heavy atom. The molecule has 1 aromatic heterocycles. The van der Waals surface area contributed by atoms with Crippen LogP contribution in [0.3, 0.4) is 0 Å². The Morgan fingerprint density at radius 3 is 2.62 bits per heavy atom. The molecule has 0 aliphatic carbocycles. The highest BCUT2D eigenvalue weighted by Gasteiger charge is 2.09. The number of benzene rings is 2. The summed E-state index contributed by atoms with van der Waals surface area (Å²) in [4.78, 5) is 0. The molecule has 1 heterocycles. The maximum absolute atomic E-state index is 10.4. The highest BCUT2D eigenvalue weighted by Crippen LogP contribution is 2.20. The number of hydrogen-bond acceptors (Lipinski definition) is 6. The van der Waals surface area contributed by atoms with E-state index in [1.165, 1.54) is 0 Å². The summed E-state index contributed by atoms with van der Waals surface area (Å²) in [5.41, 5.74) is 2.07. The summed E-state index contributed by atoms with van der Waals surface area (Å²) in [5.74, 6) is 1.20. The number of aromatic nitrogens is 2. The first kappa shape index (κ1) is 17.4. The lowest BCUT2D eigenvalue weighted by atomic mass is 10.1. The van der Waals surface area contributed by atoms with Crippen LogP contribution in [0.5, 0.6) is 5.75 Å². The Hall–Kier alpha value is -3.43. The van der Waals surface area contributed by atoms with Crippen LogP contribution in [0.15, 0.2) is 66.7 Å². The summed E-state index contributed by atoms with van der Waals surface area (Å²) >= 11 is 0. The number of nitriles is 1. The number of nitrogens with zero attached hydrogens (tertiary/aromatic N) is 3. The predicted octanol–water partition coefficient (Wildman–Crippen LogP) is 3.07. The number of nitrogens with one attached hydrogen (secondary N) is 1. The molecule has 1 atom stereocenters. The van der Waals surface area contributed by atoms with E-state index in [2.05, 4.69) is 15.5 Å². The fourth-order valence-corrected chi connectivity index (χ4v) is 2.36. The molecule has 0 radical (unpaired) electrons. The van der Waals surface area contributed by atoms with Gasteiger partial charge in [0.1, 0.15) is 24.2 Å². The molecule has 0 aliphatic rings. The standard InChI is InChI=1S/C20H18N4O2/c21-12-17-9-10-20(24-23-17)22-13-19(25)16-7-4-8-18(11-16)26-14-15-5-2-1-3-6-15/h1-11,19,25H,13-14H2,(H,22,24). The molecular formula is C20H18N4O2. The topological polar surface area (TPSA) is 91.1 Å². The molecular weight excluding hydrogens is 328 g/mol. The van der Waals surface area contributed by atoms with Crippen LogP contribution in [-0.4, -0.2) is 21.8 Å². The Morgan fingerprint density at radius 2 is 1.88 bits per heavy atom. The molecule has 2 N–H and O–H groups in total. The van der Waals surface area contributed by atoms with Crippen LogP contribution in [0, 0.1) is 11.3 Å². The van der Waals surface area contributed by atoms with Crippen LogP contribution >= 0.6 is 0 Å². The van der Waals surface area contributed by atoms with Gasteiger partial charge >= 0.3 is 0 Å². The fraction of sp³-hybridized carbons (Fsp3) is 0.150. The Kier molecular flexibility index (Phi) is 5.76. The lowest BCUT2D eigenvalue weighted by Gasteiger charge is -2.14. The van der Waals surface area contributed by atoms with Gasteiger partial charge in [-0.25, -0.2) is 0 Å². The zero-order valence-electron chi connectivity index (χ0n) is 14.0. The van der Waals surface area contributed by atoms with Gasteiger partial charge in [0.2, 0.25) is 0 Å². The SMILES string of the molecule is N#Cc1ccc(NCC(O)c2cccc(OCc3ccccc3)c2)nn1. The van der Waals surface area contributed by atoms with E-state index in [1.807, 2.05) is 60.7 Å². The second kappa shape index (κ2) is 8.60. The van der Waals surface area contributed by atoms with Crippen molar-refractivity contribution in [2.75, 3.05) is 11.9 Å². The van der Waals surface area contributed by atoms with Crippen molar-refractivity contribution in [3.05, 3.63) is 83.6 Å². The molecule has 26 heavy (non-hydrogen) atoms. The fourth-order valence-electron chi connectivity index (χ4n) is 2.36. The molecule has 0 saturated heterocycles. The minimum absolute atomic E-state index is 0.249. The monoisotopic (exact) mass is 346 g/mol. The zero-order valence-corrected chi connectivity index (χ0v) is 14.0. The Labute approximate surface area is 151 Å². The third-order valence-electron chi connectivity index (χ3n) is 3.75. The summed E-state index contributed by atoms with van der Waals surface area (Å²) in [7, 11) is 0. The smallest absolute Gasteiger partial charge is 0.163 e. The van der Waals surface area contributed by atoms with Crippen molar-refractivity contribution in [2.45, 2.75) is 12.7 Å². The third-order valence-corrected chi connectivity index (χ3v) is 3.75. The van der Waals surface area contributed by atoms with Gasteiger partial charge in [-0.2, -0.15) is 5.26 Å². The van der Waals surface area contributed by atoms with E-state index in [4.69, 9.17) is 10.00 Å². The minimum Gasteiger partial charge on any atom is -0.489 e. The van der Waals surface area contributed by atoms with Crippen molar-refractivity contribution < 1.29 is 9.84 Å². The second-order valence-electron chi connectivity index (χ2n) is 5.66. The second-order valence-corrected chi connectivity index (χ2v) is 5.66. The van der Waals surface area contributed by atoms with Crippen LogP contribution in [0.4, 0.5) is 5.82 Å². The highest BCUT2D eigenvalue weighted by molar-refractivity contribution is 5.37. The van der Waals surface area contributed by atoms with Gasteiger partial charge < -0.3 is 15.2 Å². The molecule has 0 spiro atoms. The normalized spacial score (nSPS) is 11.4. The summed E-state index contributed by atoms with van der Waals surface area (Å²) < 4.78 is 5.79. The zero-order chi connectivity index (χ0) is 18.2. The lowest BCUT2D eigenvalue weighted by molar-refractivity contribution is 0.190. The summed E-state index contributed by atoms with van der Waals surface area (Å²) in [5, 5.41) is 29.7. The van der Waals surface area contributed by atoms with Crippen LogP contribution in [0.25, 0.3) is 0 Å². The molecule has 0 saturated carbocycles. The summed E-state index contributed by atoms with van der Waals surface area (Å²) in [6, 6.07) is 22.4. The maximum atomic E-state index is 10.4. The molecule has 2 aromatic carbocycles. The van der Waals surface area contributed by atoms with Crippen molar-refractivity contribution in [1.29, 1.82) is 5.26 Å². The van der Waals surface area contributed by atoms with E-state index in [-0.39, 0.29) is 12.2 Å². The number of hydrogen-bond donors (Lipinski definition) is 2. The predicted molar refractivity (Wildman–Crippen MR) is 97.4 cm³/mol. The molecule has 6 nitrogen and oxygen atoms in total. The third kappa shape index (κ3) is 4.79. The average molecular weight is 346 g/mol. The molecule has 3 aromatic rings. The van der Waals surface area contributed by atoms with Gasteiger partial charge in [0, 0.05) is 6.54 Å². The van der Waals surface area contributed by atoms with Crippen LogP contribution < -0.4 is 10.1 Å². The van der Waals surface area contributed by atoms with E-state index >= 15 is 0 Å². The van der Waals surface area contributed by atoms with Gasteiger partial charge in [-0.15, -0.1) is 10.2 Å². The Balaban J connectivity index is 1.57. The van der Waals surface area contributed by atoms with Gasteiger partial charge in [-0.05, 0) is 35.4 Å². The highest BCUT2D eigenvalue weighted by atomic mass is 16.5. The summed E-state index contributed by atoms with van der Waals surface area (Å²) in [6.45, 7) is 0.738. The van der Waals surface area contributed by atoms with Crippen molar-refractivity contribution in [1.82, 2.24) is 10.2 Å². The van der Waals surface area contributed by atoms with Crippen molar-refractivity contribution in [3.8, 4) is 11.8 Å². The number of aliphatic hydroxyl groups is 1. The van der Waals surface area contributed by atoms with Gasteiger partial charge in [0.05, 0.1) is 6.10 Å². The van der Waals surface area contributed by atoms with E-state index in [9.17, 15) is 5.11 Å². The van der Waals surface area contributed by atoms with E-state index in [0.29, 0.717) is 18.2 Å². The van der Waals surface area contributed by atoms with Gasteiger partial charge in [-0.3, -0.25) is 0 Å². The maximum Gasteiger partial charge on any atom is 0.163 e. The van der Waals surface area contributed by atoms with Crippen molar-refractivity contribution in [2.24, 2.45) is 0 Å². The Bertz CT molecular complexity index is 876. The van der Waals surface area contributed by atoms with E-state index < -0.39 is 6.10 Å². The van der Waals surface area contributed by atoms with Crippen LogP contribution in [0.1, 0.15) is 22.9 Å². The van der Waals surface area contributed by atoms with E-state index in [1.54, 1.807) is 12.1 Å². The van der Waals surface area contributed by atoms with Crippen molar-refractivity contribution >= 4 is 5.82 Å². The first-order valence-electron chi connectivity index (χ1n) is 8.17. The van der Waals surface area contributed by atoms with Crippen molar-refractivity contribution in [3.63, 3.8) is 0 Å². The molecule has 6 heteroatoms. The molecule has 0 aliphatic heterocycles. The van der Waals surface area contributed by atoms with Crippen LogP contribution in [-0.2, 0) is 6.61 Å². The number of anilines is 1. The molecule has 130 valence electrons. The molecule has 1 unspecified atom stereocenters. The van der Waals surface area contributed by atoms with Gasteiger partial charge in [0.15, 0.2) is 5.69 Å². The first-order chi connectivity index (χ1) is 12.7. The first-order valence-corrected chi connectivity index (χ1v) is 8.17. The molecule has 0 bridgehead atoms. The number of ether oxygens (including phenoxy) is 1. The lowest BCUT2D eigenvalue weighted by Crippen LogP contribution is -2.13. The minimum atomic E-state index is -0.729. The van der Waals surface area contributed by atoms with Gasteiger partial charge in [0.25, 0.3) is 0 Å². The average Bonchev–Trinajstić information content (AvgIpc) is 2.72. The molecule has 3 rings (SSSR count). The van der Waals surface area contributed by atoms with Gasteiger partial charge in [-0.1, -0.05) is 42.5 Å². The molecule has 0 amide bonds. The van der Waals surface area contributed by atoms with Crippen LogP contribution in [0.2, 0.25) is 0 Å². The number of aliphatic hydroxyl groups excluding tert-OH is 1.